The summed E-state index contributed by atoms with van der Waals surface area (Å²) in [6.45, 7) is 5.38. The van der Waals surface area contributed by atoms with Gasteiger partial charge in [0.1, 0.15) is 17.7 Å². The number of halogens is 2. The first-order valence-electron chi connectivity index (χ1n) is 14.9. The van der Waals surface area contributed by atoms with Gasteiger partial charge in [-0.3, -0.25) is 4.90 Å². The molecule has 0 saturated carbocycles. The molecule has 224 valence electrons. The number of carbonyl (C=O) groups excluding carboxylic acids is 1. The lowest BCUT2D eigenvalue weighted by Crippen LogP contribution is -2.49. The van der Waals surface area contributed by atoms with Gasteiger partial charge in [0.05, 0.1) is 5.56 Å². The van der Waals surface area contributed by atoms with E-state index in [4.69, 9.17) is 4.74 Å². The lowest BCUT2D eigenvalue weighted by atomic mass is 9.87. The molecule has 1 fully saturated rings. The van der Waals surface area contributed by atoms with Gasteiger partial charge < -0.3 is 9.64 Å². The SMILES string of the molecule is O=C(OC(CSc1ccccc1)CN1CCN(CCCC(c2ccc(F)cc2)c2ccc(F)cc2)CC1)c1ccccc1. The van der Waals surface area contributed by atoms with Crippen LogP contribution in [0, 0.1) is 11.6 Å². The molecular formula is C36H38F2N2O2S. The molecule has 1 heterocycles. The summed E-state index contributed by atoms with van der Waals surface area (Å²) >= 11 is 1.71. The molecule has 43 heavy (non-hydrogen) atoms. The third-order valence-electron chi connectivity index (χ3n) is 7.90. The van der Waals surface area contributed by atoms with Crippen LogP contribution in [-0.4, -0.2) is 66.9 Å². The van der Waals surface area contributed by atoms with Crippen molar-refractivity contribution in [3.05, 3.63) is 138 Å². The summed E-state index contributed by atoms with van der Waals surface area (Å²) in [5, 5.41) is 0. The smallest absolute Gasteiger partial charge is 0.338 e. The van der Waals surface area contributed by atoms with Gasteiger partial charge in [-0.2, -0.15) is 0 Å². The Kier molecular flexibility index (Phi) is 11.4. The normalized spacial score (nSPS) is 15.0. The average molecular weight is 601 g/mol. The fraction of sp³-hybridized carbons (Fsp3) is 0.306. The summed E-state index contributed by atoms with van der Waals surface area (Å²) in [5.74, 6) is -0.0124. The number of piperazine rings is 1. The van der Waals surface area contributed by atoms with Crippen molar-refractivity contribution >= 4 is 17.7 Å². The molecule has 0 spiro atoms. The van der Waals surface area contributed by atoms with Crippen molar-refractivity contribution < 1.29 is 18.3 Å². The van der Waals surface area contributed by atoms with Gasteiger partial charge in [0.15, 0.2) is 0 Å². The molecule has 0 radical (unpaired) electrons. The highest BCUT2D eigenvalue weighted by molar-refractivity contribution is 7.99. The van der Waals surface area contributed by atoms with Crippen LogP contribution in [0.1, 0.15) is 40.2 Å². The highest BCUT2D eigenvalue weighted by Gasteiger charge is 2.24. The van der Waals surface area contributed by atoms with E-state index in [0.717, 1.165) is 61.6 Å². The van der Waals surface area contributed by atoms with Crippen LogP contribution >= 0.6 is 11.8 Å². The third kappa shape index (κ3) is 9.48. The Balaban J connectivity index is 1.13. The first kappa shape index (κ1) is 30.9. The van der Waals surface area contributed by atoms with Gasteiger partial charge in [0, 0.05) is 49.3 Å². The number of ether oxygens (including phenoxy) is 1. The fourth-order valence-electron chi connectivity index (χ4n) is 5.54. The van der Waals surface area contributed by atoms with Gasteiger partial charge in [-0.25, -0.2) is 13.6 Å². The predicted molar refractivity (Wildman–Crippen MR) is 170 cm³/mol. The summed E-state index contributed by atoms with van der Waals surface area (Å²) in [4.78, 5) is 18.9. The van der Waals surface area contributed by atoms with Crippen molar-refractivity contribution in [2.75, 3.05) is 45.0 Å². The van der Waals surface area contributed by atoms with Gasteiger partial charge in [0.2, 0.25) is 0 Å². The molecule has 0 bridgehead atoms. The minimum absolute atomic E-state index is 0.0877. The van der Waals surface area contributed by atoms with Crippen molar-refractivity contribution in [3.8, 4) is 0 Å². The first-order valence-corrected chi connectivity index (χ1v) is 15.9. The van der Waals surface area contributed by atoms with Crippen molar-refractivity contribution in [1.82, 2.24) is 9.80 Å². The van der Waals surface area contributed by atoms with E-state index in [-0.39, 0.29) is 29.6 Å². The number of hydrogen-bond acceptors (Lipinski definition) is 5. The number of thioether (sulfide) groups is 1. The lowest BCUT2D eigenvalue weighted by molar-refractivity contribution is 0.0207. The Labute approximate surface area is 257 Å². The zero-order valence-corrected chi connectivity index (χ0v) is 25.1. The molecule has 7 heteroatoms. The van der Waals surface area contributed by atoms with Crippen LogP contribution in [0.25, 0.3) is 0 Å². The topological polar surface area (TPSA) is 32.8 Å². The van der Waals surface area contributed by atoms with Gasteiger partial charge in [-0.1, -0.05) is 60.7 Å². The number of rotatable bonds is 13. The number of hydrogen-bond donors (Lipinski definition) is 0. The van der Waals surface area contributed by atoms with E-state index < -0.39 is 0 Å². The Morgan fingerprint density at radius 3 is 1.84 bits per heavy atom. The van der Waals surface area contributed by atoms with Crippen LogP contribution in [0.15, 0.2) is 114 Å². The number of carbonyl (C=O) groups is 1. The molecule has 1 unspecified atom stereocenters. The molecule has 1 aliphatic rings. The van der Waals surface area contributed by atoms with Gasteiger partial charge in [0.25, 0.3) is 0 Å². The number of benzene rings is 4. The number of esters is 1. The minimum Gasteiger partial charge on any atom is -0.457 e. The van der Waals surface area contributed by atoms with E-state index in [0.29, 0.717) is 17.9 Å². The molecule has 4 aromatic rings. The molecular weight excluding hydrogens is 562 g/mol. The molecule has 1 atom stereocenters. The van der Waals surface area contributed by atoms with Crippen LogP contribution in [0.3, 0.4) is 0 Å². The Bertz CT molecular complexity index is 1350. The second-order valence-corrected chi connectivity index (χ2v) is 12.1. The van der Waals surface area contributed by atoms with Gasteiger partial charge in [-0.15, -0.1) is 11.8 Å². The summed E-state index contributed by atoms with van der Waals surface area (Å²) < 4.78 is 33.2. The molecule has 1 saturated heterocycles. The largest absolute Gasteiger partial charge is 0.457 e. The third-order valence-corrected chi connectivity index (χ3v) is 9.04. The van der Waals surface area contributed by atoms with E-state index >= 15 is 0 Å². The summed E-state index contributed by atoms with van der Waals surface area (Å²) in [6.07, 6.45) is 1.65. The first-order chi connectivity index (χ1) is 21.0. The fourth-order valence-corrected chi connectivity index (χ4v) is 6.44. The van der Waals surface area contributed by atoms with Crippen LogP contribution in [0.5, 0.6) is 0 Å². The standard InChI is InChI=1S/C36H38F2N2O2S/c37-31-17-13-28(14-18-31)35(29-15-19-32(38)20-16-29)12-7-21-39-22-24-40(25-23-39)26-33(27-43-34-10-5-2-6-11-34)42-36(41)30-8-3-1-4-9-30/h1-6,8-11,13-20,33,35H,7,12,21-27H2. The zero-order chi connectivity index (χ0) is 29.9. The van der Waals surface area contributed by atoms with Crippen LogP contribution < -0.4 is 0 Å². The Morgan fingerprint density at radius 2 is 1.26 bits per heavy atom. The molecule has 0 aromatic heterocycles. The van der Waals surface area contributed by atoms with Crippen molar-refractivity contribution in [2.24, 2.45) is 0 Å². The Hall–Kier alpha value is -3.52. The highest BCUT2D eigenvalue weighted by Crippen LogP contribution is 2.30. The highest BCUT2D eigenvalue weighted by atomic mass is 32.2. The van der Waals surface area contributed by atoms with Crippen LogP contribution in [0.4, 0.5) is 8.78 Å². The van der Waals surface area contributed by atoms with E-state index in [2.05, 4.69) is 21.9 Å². The Morgan fingerprint density at radius 1 is 0.721 bits per heavy atom. The molecule has 4 nitrogen and oxygen atoms in total. The van der Waals surface area contributed by atoms with Crippen LogP contribution in [-0.2, 0) is 4.74 Å². The molecule has 0 amide bonds. The van der Waals surface area contributed by atoms with Crippen molar-refractivity contribution in [1.29, 1.82) is 0 Å². The van der Waals surface area contributed by atoms with Crippen LogP contribution in [0.2, 0.25) is 0 Å². The summed E-state index contributed by atoms with van der Waals surface area (Å²) in [6, 6.07) is 32.7. The van der Waals surface area contributed by atoms with Crippen molar-refractivity contribution in [3.63, 3.8) is 0 Å². The maximum Gasteiger partial charge on any atom is 0.338 e. The van der Waals surface area contributed by atoms with E-state index in [1.54, 1.807) is 23.9 Å². The van der Waals surface area contributed by atoms with E-state index in [1.165, 1.54) is 24.3 Å². The molecule has 4 aromatic carbocycles. The van der Waals surface area contributed by atoms with E-state index in [9.17, 15) is 13.6 Å². The maximum absolute atomic E-state index is 13.6. The lowest BCUT2D eigenvalue weighted by Gasteiger charge is -2.36. The monoisotopic (exact) mass is 600 g/mol. The molecule has 5 rings (SSSR count). The van der Waals surface area contributed by atoms with Gasteiger partial charge >= 0.3 is 5.97 Å². The zero-order valence-electron chi connectivity index (χ0n) is 24.3. The molecule has 0 N–H and O–H groups in total. The molecule has 1 aliphatic heterocycles. The quantitative estimate of drug-likeness (QED) is 0.117. The second kappa shape index (κ2) is 15.8. The average Bonchev–Trinajstić information content (AvgIpc) is 3.05. The van der Waals surface area contributed by atoms with E-state index in [1.807, 2.05) is 60.7 Å². The molecule has 0 aliphatic carbocycles. The maximum atomic E-state index is 13.6. The second-order valence-electron chi connectivity index (χ2n) is 11.0. The summed E-state index contributed by atoms with van der Waals surface area (Å²) in [5.41, 5.74) is 2.66. The minimum atomic E-state index is -0.283. The number of nitrogens with zero attached hydrogens (tertiary/aromatic N) is 2. The predicted octanol–water partition coefficient (Wildman–Crippen LogP) is 7.51. The van der Waals surface area contributed by atoms with Gasteiger partial charge in [-0.05, 0) is 79.0 Å². The summed E-state index contributed by atoms with van der Waals surface area (Å²) in [7, 11) is 0. The van der Waals surface area contributed by atoms with Crippen molar-refractivity contribution in [2.45, 2.75) is 29.8 Å².